The van der Waals surface area contributed by atoms with E-state index >= 15 is 0 Å². The Morgan fingerprint density at radius 3 is 2.17 bits per heavy atom. The van der Waals surface area contributed by atoms with Gasteiger partial charge in [-0.15, -0.1) is 11.3 Å². The molecule has 2 fully saturated rings. The first-order chi connectivity index (χ1) is 37.4. The van der Waals surface area contributed by atoms with Crippen LogP contribution in [-0.2, 0) is 46.4 Å². The number of hydrogen-bond donors (Lipinski definition) is 5. The zero-order valence-electron chi connectivity index (χ0n) is 46.3. The normalized spacial score (nSPS) is 16.2. The number of nitrogens with zero attached hydrogens (tertiary/aromatic N) is 3. The van der Waals surface area contributed by atoms with Crippen LogP contribution in [0, 0.1) is 33.1 Å². The number of anilines is 1. The largest absolute Gasteiger partial charge is 0.491 e. The Morgan fingerprint density at radius 1 is 0.859 bits per heavy atom. The lowest BCUT2D eigenvalue weighted by Crippen LogP contribution is -2.58. The number of carbonyl (C=O) groups excluding carboxylic acids is 4. The number of aromatic amines is 1. The van der Waals surface area contributed by atoms with Crippen LogP contribution < -0.4 is 31.1 Å². The lowest BCUT2D eigenvalue weighted by atomic mass is 9.85. The first-order valence-corrected chi connectivity index (χ1v) is 27.8. The summed E-state index contributed by atoms with van der Waals surface area (Å²) in [6.07, 6.45) is 0.997. The molecule has 0 aliphatic carbocycles. The van der Waals surface area contributed by atoms with Crippen LogP contribution in [0.1, 0.15) is 91.0 Å². The Hall–Kier alpha value is -6.48. The molecular formula is C59H77N7O11S. The van der Waals surface area contributed by atoms with Gasteiger partial charge < -0.3 is 59.5 Å². The Morgan fingerprint density at radius 2 is 1.53 bits per heavy atom. The highest BCUT2D eigenvalue weighted by Gasteiger charge is 2.44. The molecule has 5 N–H and O–H groups in total. The van der Waals surface area contributed by atoms with Gasteiger partial charge in [-0.25, -0.2) is 4.98 Å². The summed E-state index contributed by atoms with van der Waals surface area (Å²) in [4.78, 5) is 79.2. The summed E-state index contributed by atoms with van der Waals surface area (Å²) in [6.45, 7) is 19.0. The van der Waals surface area contributed by atoms with Gasteiger partial charge in [-0.1, -0.05) is 57.2 Å². The van der Waals surface area contributed by atoms with Gasteiger partial charge in [-0.3, -0.25) is 24.0 Å². The molecule has 4 amide bonds. The molecule has 1 unspecified atom stereocenters. The number of pyridine rings is 1. The SMILES string of the molecule is CCN(c1cc(-c2ccc(OCCOCCOCCOCC(=O)N[C@H](C(=O)N3CC(O)C[C@H]3C(=O)NCc3ccc(-c4scnc4C)cc3)C(C)(C)C)cc2)cc(C(=O)NCc2c(C)cc(C)[nH]c2=O)c1C)C1CCOCC1. The third-order valence-corrected chi connectivity index (χ3v) is 15.2. The van der Waals surface area contributed by atoms with E-state index in [0.29, 0.717) is 56.5 Å². The van der Waals surface area contributed by atoms with Crippen molar-refractivity contribution < 1.29 is 48.0 Å². The second kappa shape index (κ2) is 27.9. The van der Waals surface area contributed by atoms with Crippen LogP contribution in [0.4, 0.5) is 5.69 Å². The minimum absolute atomic E-state index is 0.0263. The molecule has 2 aliphatic rings. The number of aromatic nitrogens is 2. The van der Waals surface area contributed by atoms with Gasteiger partial charge in [-0.05, 0) is 117 Å². The average Bonchev–Trinajstić information content (AvgIpc) is 4.13. The van der Waals surface area contributed by atoms with Crippen LogP contribution in [0.15, 0.2) is 77.0 Å². The number of ether oxygens (including phenoxy) is 5. The number of aliphatic hydroxyl groups excluding tert-OH is 1. The number of rotatable bonds is 25. The molecule has 0 bridgehead atoms. The molecule has 0 saturated carbocycles. The average molecular weight is 1090 g/mol. The number of amides is 4. The van der Waals surface area contributed by atoms with Gasteiger partial charge in [0.15, 0.2) is 0 Å². The highest BCUT2D eigenvalue weighted by molar-refractivity contribution is 7.13. The first-order valence-electron chi connectivity index (χ1n) is 26.9. The quantitative estimate of drug-likeness (QED) is 0.0391. The number of H-pyrrole nitrogens is 1. The number of aryl methyl sites for hydroxylation is 3. The second-order valence-corrected chi connectivity index (χ2v) is 21.9. The Kier molecular flexibility index (Phi) is 21.2. The van der Waals surface area contributed by atoms with E-state index in [9.17, 15) is 29.1 Å². The summed E-state index contributed by atoms with van der Waals surface area (Å²) in [5.74, 6) is -0.916. The van der Waals surface area contributed by atoms with Crippen LogP contribution >= 0.6 is 11.3 Å². The molecule has 0 radical (unpaired) electrons. The standard InChI is InChI=1S/C59H77N7O11S/c1-9-65(45-18-20-73-21-19-45)50-30-44(29-48(39(50)4)55(69)61-33-49-37(2)28-38(3)63-56(49)70)42-14-16-47(17-15-42)77-27-26-75-23-22-74-24-25-76-35-52(68)64-54(59(6,7)8)58(72)66-34-46(67)31-51(66)57(71)60-32-41-10-12-43(13-11-41)53-40(5)62-36-78-53/h10-17,28-30,36,45-46,51,54,67H,9,18-27,31-35H2,1-8H3,(H,60,71)(H,61,69)(H,63,70)(H,64,68)/t46?,51-,54+/m0/s1. The van der Waals surface area contributed by atoms with Crippen molar-refractivity contribution in [2.45, 2.75) is 112 Å². The molecule has 5 aromatic rings. The summed E-state index contributed by atoms with van der Waals surface area (Å²) in [5.41, 5.74) is 10.1. The van der Waals surface area contributed by atoms with Gasteiger partial charge in [0.2, 0.25) is 17.7 Å². The molecule has 3 atom stereocenters. The topological polar surface area (TPSA) is 223 Å². The maximum absolute atomic E-state index is 14.0. The zero-order chi connectivity index (χ0) is 55.9. The molecule has 78 heavy (non-hydrogen) atoms. The number of hydrogen-bond acceptors (Lipinski definition) is 14. The van der Waals surface area contributed by atoms with Crippen LogP contribution in [0.3, 0.4) is 0 Å². The van der Waals surface area contributed by atoms with Gasteiger partial charge in [0.25, 0.3) is 11.5 Å². The molecule has 18 nitrogen and oxygen atoms in total. The second-order valence-electron chi connectivity index (χ2n) is 21.0. The summed E-state index contributed by atoms with van der Waals surface area (Å²) < 4.78 is 28.6. The minimum atomic E-state index is -0.980. The number of benzene rings is 3. The number of nitrogens with one attached hydrogen (secondary N) is 4. The predicted octanol–water partition coefficient (Wildman–Crippen LogP) is 6.57. The monoisotopic (exact) mass is 1090 g/mol. The van der Waals surface area contributed by atoms with E-state index in [2.05, 4.69) is 43.8 Å². The third kappa shape index (κ3) is 15.8. The fourth-order valence-corrected chi connectivity index (χ4v) is 10.7. The van der Waals surface area contributed by atoms with Crippen molar-refractivity contribution in [3.8, 4) is 27.3 Å². The summed E-state index contributed by atoms with van der Waals surface area (Å²) in [7, 11) is 0. The Bertz CT molecular complexity index is 2880. The van der Waals surface area contributed by atoms with Crippen molar-refractivity contribution in [1.82, 2.24) is 30.8 Å². The number of likely N-dealkylation sites (tertiary alicyclic amines) is 1. The maximum Gasteiger partial charge on any atom is 0.253 e. The Labute approximate surface area is 461 Å². The van der Waals surface area contributed by atoms with Crippen molar-refractivity contribution in [2.75, 3.05) is 77.5 Å². The molecule has 19 heteroatoms. The first kappa shape index (κ1) is 59.2. The molecular weight excluding hydrogens is 1010 g/mol. The summed E-state index contributed by atoms with van der Waals surface area (Å²) in [5, 5.41) is 19.3. The van der Waals surface area contributed by atoms with E-state index < -0.39 is 35.4 Å². The summed E-state index contributed by atoms with van der Waals surface area (Å²) in [6, 6.07) is 20.0. The molecule has 7 rings (SSSR count). The lowest BCUT2D eigenvalue weighted by molar-refractivity contribution is -0.144. The molecule has 4 heterocycles. The van der Waals surface area contributed by atoms with Gasteiger partial charge in [-0.2, -0.15) is 0 Å². The highest BCUT2D eigenvalue weighted by atomic mass is 32.1. The smallest absolute Gasteiger partial charge is 0.253 e. The van der Waals surface area contributed by atoms with Crippen LogP contribution in [0.5, 0.6) is 5.75 Å². The van der Waals surface area contributed by atoms with Gasteiger partial charge in [0.1, 0.15) is 31.0 Å². The van der Waals surface area contributed by atoms with E-state index in [-0.39, 0.29) is 69.3 Å². The van der Waals surface area contributed by atoms with Crippen molar-refractivity contribution in [3.05, 3.63) is 122 Å². The van der Waals surface area contributed by atoms with Crippen molar-refractivity contribution >= 4 is 40.7 Å². The van der Waals surface area contributed by atoms with Crippen molar-refractivity contribution in [3.63, 3.8) is 0 Å². The van der Waals surface area contributed by atoms with Crippen LogP contribution in [-0.4, -0.2) is 140 Å². The number of thiazole rings is 1. The molecule has 2 aromatic heterocycles. The van der Waals surface area contributed by atoms with Gasteiger partial charge >= 0.3 is 0 Å². The van der Waals surface area contributed by atoms with E-state index in [1.54, 1.807) is 11.3 Å². The fraction of sp³-hybridized carbons (Fsp3) is 0.492. The molecule has 420 valence electrons. The molecule has 0 spiro atoms. The maximum atomic E-state index is 14.0. The lowest BCUT2D eigenvalue weighted by Gasteiger charge is -2.37. The van der Waals surface area contributed by atoms with Crippen LogP contribution in [0.25, 0.3) is 21.6 Å². The van der Waals surface area contributed by atoms with E-state index in [1.807, 2.05) is 115 Å². The van der Waals surface area contributed by atoms with E-state index in [4.69, 9.17) is 23.7 Å². The summed E-state index contributed by atoms with van der Waals surface area (Å²) >= 11 is 1.57. The van der Waals surface area contributed by atoms with Crippen molar-refractivity contribution in [2.24, 2.45) is 5.41 Å². The Balaban J connectivity index is 0.816. The number of β-amino-alcohol motifs (C(OH)–C–C–N with tert-alkyl or cyclic N) is 1. The van der Waals surface area contributed by atoms with Gasteiger partial charge in [0, 0.05) is 74.4 Å². The zero-order valence-corrected chi connectivity index (χ0v) is 47.1. The predicted molar refractivity (Wildman–Crippen MR) is 301 cm³/mol. The van der Waals surface area contributed by atoms with Crippen LogP contribution in [0.2, 0.25) is 0 Å². The van der Waals surface area contributed by atoms with Gasteiger partial charge in [0.05, 0.1) is 55.2 Å². The third-order valence-electron chi connectivity index (χ3n) is 14.2. The fourth-order valence-electron chi connectivity index (χ4n) is 9.94. The molecule has 2 saturated heterocycles. The van der Waals surface area contributed by atoms with E-state index in [0.717, 1.165) is 74.7 Å². The molecule has 3 aromatic carbocycles. The van der Waals surface area contributed by atoms with E-state index in [1.165, 1.54) is 4.90 Å². The highest BCUT2D eigenvalue weighted by Crippen LogP contribution is 2.35. The minimum Gasteiger partial charge on any atom is -0.491 e. The number of aliphatic hydroxyl groups is 1. The van der Waals surface area contributed by atoms with Crippen molar-refractivity contribution in [1.29, 1.82) is 0 Å². The number of carbonyl (C=O) groups is 4. The molecule has 2 aliphatic heterocycles.